The molecule has 1 aromatic heterocycles. The standard InChI is InChI=1S/C10H18N2O/c1-8(2)6-10-12-7-9(13-10)4-5-11-3/h7-8,11H,4-6H2,1-3H3. The third kappa shape index (κ3) is 3.59. The van der Waals surface area contributed by atoms with Crippen molar-refractivity contribution in [1.29, 1.82) is 0 Å². The van der Waals surface area contributed by atoms with Gasteiger partial charge in [0.15, 0.2) is 5.89 Å². The number of nitrogens with one attached hydrogen (secondary N) is 1. The van der Waals surface area contributed by atoms with Gasteiger partial charge in [-0.3, -0.25) is 0 Å². The Kier molecular flexibility index (Phi) is 3.96. The van der Waals surface area contributed by atoms with E-state index >= 15 is 0 Å². The summed E-state index contributed by atoms with van der Waals surface area (Å²) in [6.07, 6.45) is 3.68. The second-order valence-corrected chi connectivity index (χ2v) is 3.67. The van der Waals surface area contributed by atoms with E-state index < -0.39 is 0 Å². The largest absolute Gasteiger partial charge is 0.446 e. The molecule has 0 fully saturated rings. The van der Waals surface area contributed by atoms with Gasteiger partial charge < -0.3 is 9.73 Å². The van der Waals surface area contributed by atoms with Crippen LogP contribution < -0.4 is 5.32 Å². The Morgan fingerprint density at radius 3 is 2.92 bits per heavy atom. The molecule has 3 nitrogen and oxygen atoms in total. The Morgan fingerprint density at radius 1 is 1.54 bits per heavy atom. The van der Waals surface area contributed by atoms with Gasteiger partial charge in [-0.25, -0.2) is 4.98 Å². The molecule has 1 rings (SSSR count). The summed E-state index contributed by atoms with van der Waals surface area (Å²) in [5.74, 6) is 2.45. The fraction of sp³-hybridized carbons (Fsp3) is 0.700. The number of rotatable bonds is 5. The minimum atomic E-state index is 0.607. The van der Waals surface area contributed by atoms with Crippen molar-refractivity contribution in [2.45, 2.75) is 26.7 Å². The van der Waals surface area contributed by atoms with Gasteiger partial charge in [0.2, 0.25) is 0 Å². The van der Waals surface area contributed by atoms with Crippen molar-refractivity contribution in [2.75, 3.05) is 13.6 Å². The second kappa shape index (κ2) is 5.02. The zero-order valence-corrected chi connectivity index (χ0v) is 8.63. The lowest BCUT2D eigenvalue weighted by Gasteiger charge is -1.98. The van der Waals surface area contributed by atoms with Crippen LogP contribution in [0.3, 0.4) is 0 Å². The lowest BCUT2D eigenvalue weighted by atomic mass is 10.1. The van der Waals surface area contributed by atoms with Crippen LogP contribution in [-0.4, -0.2) is 18.6 Å². The Balaban J connectivity index is 2.44. The molecule has 0 aromatic carbocycles. The molecular weight excluding hydrogens is 164 g/mol. The summed E-state index contributed by atoms with van der Waals surface area (Å²) in [4.78, 5) is 4.21. The van der Waals surface area contributed by atoms with Crippen molar-refractivity contribution >= 4 is 0 Å². The van der Waals surface area contributed by atoms with Crippen molar-refractivity contribution < 1.29 is 4.42 Å². The van der Waals surface area contributed by atoms with Gasteiger partial charge in [0.1, 0.15) is 5.76 Å². The van der Waals surface area contributed by atoms with Gasteiger partial charge in [-0.05, 0) is 13.0 Å². The monoisotopic (exact) mass is 182 g/mol. The molecule has 0 bridgehead atoms. The molecule has 0 spiro atoms. The van der Waals surface area contributed by atoms with Crippen molar-refractivity contribution in [1.82, 2.24) is 10.3 Å². The molecule has 0 aliphatic heterocycles. The first-order chi connectivity index (χ1) is 6.22. The zero-order valence-electron chi connectivity index (χ0n) is 8.63. The van der Waals surface area contributed by atoms with Crippen molar-refractivity contribution in [2.24, 2.45) is 5.92 Å². The number of hydrogen-bond acceptors (Lipinski definition) is 3. The molecule has 1 N–H and O–H groups in total. The molecule has 13 heavy (non-hydrogen) atoms. The van der Waals surface area contributed by atoms with Gasteiger partial charge >= 0.3 is 0 Å². The molecule has 1 heterocycles. The summed E-state index contributed by atoms with van der Waals surface area (Å²) in [7, 11) is 1.94. The summed E-state index contributed by atoms with van der Waals surface area (Å²) < 4.78 is 5.55. The Bertz CT molecular complexity index is 243. The number of nitrogens with zero attached hydrogens (tertiary/aromatic N) is 1. The highest BCUT2D eigenvalue weighted by Crippen LogP contribution is 2.09. The van der Waals surface area contributed by atoms with Crippen LogP contribution in [0.5, 0.6) is 0 Å². The summed E-state index contributed by atoms with van der Waals surface area (Å²) in [5, 5.41) is 3.08. The second-order valence-electron chi connectivity index (χ2n) is 3.67. The maximum Gasteiger partial charge on any atom is 0.194 e. The number of hydrogen-bond donors (Lipinski definition) is 1. The molecular formula is C10H18N2O. The summed E-state index contributed by atoms with van der Waals surface area (Å²) >= 11 is 0. The minimum absolute atomic E-state index is 0.607. The van der Waals surface area contributed by atoms with Crippen molar-refractivity contribution in [3.05, 3.63) is 17.8 Å². The highest BCUT2D eigenvalue weighted by atomic mass is 16.4. The first kappa shape index (κ1) is 10.3. The van der Waals surface area contributed by atoms with E-state index in [9.17, 15) is 0 Å². The van der Waals surface area contributed by atoms with Crippen LogP contribution in [0.1, 0.15) is 25.5 Å². The molecule has 3 heteroatoms. The van der Waals surface area contributed by atoms with Gasteiger partial charge in [-0.15, -0.1) is 0 Å². The highest BCUT2D eigenvalue weighted by Gasteiger charge is 2.05. The van der Waals surface area contributed by atoms with Crippen molar-refractivity contribution in [3.8, 4) is 0 Å². The van der Waals surface area contributed by atoms with Crippen LogP contribution >= 0.6 is 0 Å². The van der Waals surface area contributed by atoms with E-state index in [2.05, 4.69) is 24.1 Å². The molecule has 0 aliphatic rings. The third-order valence-electron chi connectivity index (χ3n) is 1.81. The Labute approximate surface area is 79.5 Å². The van der Waals surface area contributed by atoms with Gasteiger partial charge in [0.05, 0.1) is 6.20 Å². The lowest BCUT2D eigenvalue weighted by Crippen LogP contribution is -2.09. The van der Waals surface area contributed by atoms with Crippen LogP contribution in [0.4, 0.5) is 0 Å². The normalized spacial score (nSPS) is 11.1. The Morgan fingerprint density at radius 2 is 2.31 bits per heavy atom. The van der Waals surface area contributed by atoms with E-state index in [1.807, 2.05) is 13.2 Å². The third-order valence-corrected chi connectivity index (χ3v) is 1.81. The maximum absolute atomic E-state index is 5.55. The predicted molar refractivity (Wildman–Crippen MR) is 52.7 cm³/mol. The number of oxazole rings is 1. The van der Waals surface area contributed by atoms with Crippen LogP contribution in [0, 0.1) is 5.92 Å². The molecule has 0 aliphatic carbocycles. The molecule has 0 unspecified atom stereocenters. The van der Waals surface area contributed by atoms with E-state index in [1.54, 1.807) is 0 Å². The predicted octanol–water partition coefficient (Wildman–Crippen LogP) is 1.64. The van der Waals surface area contributed by atoms with Gasteiger partial charge in [0.25, 0.3) is 0 Å². The fourth-order valence-electron chi connectivity index (χ4n) is 1.16. The highest BCUT2D eigenvalue weighted by molar-refractivity contribution is 4.95. The SMILES string of the molecule is CNCCc1cnc(CC(C)C)o1. The van der Waals surface area contributed by atoms with Gasteiger partial charge in [-0.1, -0.05) is 13.8 Å². The van der Waals surface area contributed by atoms with E-state index in [-0.39, 0.29) is 0 Å². The smallest absolute Gasteiger partial charge is 0.194 e. The first-order valence-corrected chi connectivity index (χ1v) is 4.80. The summed E-state index contributed by atoms with van der Waals surface area (Å²) in [6, 6.07) is 0. The average Bonchev–Trinajstić information content (AvgIpc) is 2.48. The molecule has 0 atom stereocenters. The topological polar surface area (TPSA) is 38.1 Å². The molecule has 0 saturated carbocycles. The van der Waals surface area contributed by atoms with E-state index in [4.69, 9.17) is 4.42 Å². The lowest BCUT2D eigenvalue weighted by molar-refractivity contribution is 0.426. The minimum Gasteiger partial charge on any atom is -0.446 e. The first-order valence-electron chi connectivity index (χ1n) is 4.80. The van der Waals surface area contributed by atoms with Crippen molar-refractivity contribution in [3.63, 3.8) is 0 Å². The number of likely N-dealkylation sites (N-methyl/N-ethyl adjacent to an activating group) is 1. The fourth-order valence-corrected chi connectivity index (χ4v) is 1.16. The van der Waals surface area contributed by atoms with Crippen LogP contribution in [0.25, 0.3) is 0 Å². The molecule has 0 radical (unpaired) electrons. The zero-order chi connectivity index (χ0) is 9.68. The van der Waals surface area contributed by atoms with E-state index in [0.717, 1.165) is 31.0 Å². The molecule has 1 aromatic rings. The van der Waals surface area contributed by atoms with Gasteiger partial charge in [0, 0.05) is 19.4 Å². The quantitative estimate of drug-likeness (QED) is 0.752. The molecule has 74 valence electrons. The van der Waals surface area contributed by atoms with E-state index in [0.29, 0.717) is 5.92 Å². The maximum atomic E-state index is 5.55. The molecule has 0 amide bonds. The van der Waals surface area contributed by atoms with Gasteiger partial charge in [-0.2, -0.15) is 0 Å². The van der Waals surface area contributed by atoms with E-state index in [1.165, 1.54) is 0 Å². The van der Waals surface area contributed by atoms with Crippen LogP contribution in [-0.2, 0) is 12.8 Å². The van der Waals surface area contributed by atoms with Crippen LogP contribution in [0.2, 0.25) is 0 Å². The van der Waals surface area contributed by atoms with Crippen LogP contribution in [0.15, 0.2) is 10.6 Å². The summed E-state index contributed by atoms with van der Waals surface area (Å²) in [6.45, 7) is 5.27. The number of aromatic nitrogens is 1. The molecule has 0 saturated heterocycles. The average molecular weight is 182 g/mol. The Hall–Kier alpha value is -0.830. The summed E-state index contributed by atoms with van der Waals surface area (Å²) in [5.41, 5.74) is 0.